The Kier molecular flexibility index (Phi) is 6.45. The van der Waals surface area contributed by atoms with Crippen molar-refractivity contribution >= 4 is 33.4 Å². The van der Waals surface area contributed by atoms with Gasteiger partial charge in [-0.15, -0.1) is 0 Å². The van der Waals surface area contributed by atoms with Crippen LogP contribution in [0.4, 0.5) is 10.1 Å². The van der Waals surface area contributed by atoms with Crippen LogP contribution < -0.4 is 15.4 Å². The van der Waals surface area contributed by atoms with Gasteiger partial charge in [0, 0.05) is 29.5 Å². The van der Waals surface area contributed by atoms with Gasteiger partial charge in [-0.2, -0.15) is 0 Å². The van der Waals surface area contributed by atoms with Gasteiger partial charge in [0.2, 0.25) is 11.8 Å². The fourth-order valence-electron chi connectivity index (χ4n) is 2.87. The van der Waals surface area contributed by atoms with Crippen molar-refractivity contribution in [3.05, 3.63) is 57.8 Å². The molecule has 0 spiro atoms. The Balaban J connectivity index is 1.38. The molecule has 2 amide bonds. The van der Waals surface area contributed by atoms with Gasteiger partial charge in [0.15, 0.2) is 0 Å². The summed E-state index contributed by atoms with van der Waals surface area (Å²) in [5, 5.41) is 5.60. The molecule has 1 aliphatic rings. The summed E-state index contributed by atoms with van der Waals surface area (Å²) < 4.78 is 19.6. The largest absolute Gasteiger partial charge is 0.494 e. The van der Waals surface area contributed by atoms with Gasteiger partial charge in [-0.25, -0.2) is 4.39 Å². The quantitative estimate of drug-likeness (QED) is 0.648. The van der Waals surface area contributed by atoms with Crippen LogP contribution in [-0.2, 0) is 22.6 Å². The fraction of sp³-hybridized carbons (Fsp3) is 0.300. The number of nitrogens with one attached hydrogen (secondary N) is 2. The maximum atomic E-state index is 13.3. The third kappa shape index (κ3) is 5.79. The molecule has 1 aliphatic heterocycles. The van der Waals surface area contributed by atoms with E-state index in [2.05, 4.69) is 26.6 Å². The number of benzene rings is 2. The molecule has 2 N–H and O–H groups in total. The highest BCUT2D eigenvalue weighted by atomic mass is 79.9. The van der Waals surface area contributed by atoms with Crippen LogP contribution in [0.1, 0.15) is 30.4 Å². The molecule has 5 nitrogen and oxygen atoms in total. The normalized spacial score (nSPS) is 12.9. The smallest absolute Gasteiger partial charge is 0.224 e. The number of fused-ring (bicyclic) bond motifs is 1. The Morgan fingerprint density at radius 3 is 2.89 bits per heavy atom. The number of amides is 2. The van der Waals surface area contributed by atoms with E-state index in [1.165, 1.54) is 12.1 Å². The number of carbonyl (C=O) groups is 2. The van der Waals surface area contributed by atoms with Gasteiger partial charge in [-0.05, 0) is 60.4 Å². The third-order valence-electron chi connectivity index (χ3n) is 4.20. The van der Waals surface area contributed by atoms with E-state index in [0.29, 0.717) is 42.3 Å². The predicted octanol–water partition coefficient (Wildman–Crippen LogP) is 3.95. The number of hydrogen-bond donors (Lipinski definition) is 2. The number of rotatable bonds is 7. The molecule has 0 atom stereocenters. The molecule has 0 bridgehead atoms. The summed E-state index contributed by atoms with van der Waals surface area (Å²) in [5.74, 6) is 0.321. The van der Waals surface area contributed by atoms with Crippen molar-refractivity contribution in [2.24, 2.45) is 0 Å². The molecule has 0 saturated carbocycles. The van der Waals surface area contributed by atoms with Crippen molar-refractivity contribution < 1.29 is 18.7 Å². The zero-order chi connectivity index (χ0) is 19.2. The van der Waals surface area contributed by atoms with Gasteiger partial charge in [0.25, 0.3) is 0 Å². The van der Waals surface area contributed by atoms with E-state index in [-0.39, 0.29) is 24.2 Å². The first-order valence-electron chi connectivity index (χ1n) is 8.77. The van der Waals surface area contributed by atoms with Crippen molar-refractivity contribution in [1.82, 2.24) is 5.32 Å². The second-order valence-corrected chi connectivity index (χ2v) is 7.29. The van der Waals surface area contributed by atoms with Gasteiger partial charge < -0.3 is 15.4 Å². The Morgan fingerprint density at radius 2 is 2.07 bits per heavy atom. The first-order chi connectivity index (χ1) is 13.0. The lowest BCUT2D eigenvalue weighted by Gasteiger charge is -2.17. The molecule has 0 aliphatic carbocycles. The second-order valence-electron chi connectivity index (χ2n) is 6.37. The van der Waals surface area contributed by atoms with Gasteiger partial charge >= 0.3 is 0 Å². The van der Waals surface area contributed by atoms with E-state index in [4.69, 9.17) is 4.74 Å². The highest BCUT2D eigenvalue weighted by Crippen LogP contribution is 2.26. The van der Waals surface area contributed by atoms with E-state index in [1.807, 2.05) is 18.2 Å². The molecule has 0 aromatic heterocycles. The van der Waals surface area contributed by atoms with Gasteiger partial charge in [-0.3, -0.25) is 9.59 Å². The molecule has 0 unspecified atom stereocenters. The molecule has 0 fully saturated rings. The summed E-state index contributed by atoms with van der Waals surface area (Å²) >= 11 is 3.23. The summed E-state index contributed by atoms with van der Waals surface area (Å²) in [7, 11) is 0. The van der Waals surface area contributed by atoms with Crippen molar-refractivity contribution in [3.8, 4) is 5.75 Å². The number of halogens is 2. The van der Waals surface area contributed by atoms with Crippen molar-refractivity contribution in [3.63, 3.8) is 0 Å². The minimum atomic E-state index is -0.341. The summed E-state index contributed by atoms with van der Waals surface area (Å²) in [6.07, 6.45) is 2.10. The zero-order valence-corrected chi connectivity index (χ0v) is 16.3. The SMILES string of the molecule is O=C(CCCOc1ccc2c(c1)CCC(=O)N2)NCc1cc(F)cc(Br)c1. The molecule has 0 saturated heterocycles. The third-order valence-corrected chi connectivity index (χ3v) is 4.66. The maximum absolute atomic E-state index is 13.3. The summed E-state index contributed by atoms with van der Waals surface area (Å²) in [5.41, 5.74) is 2.60. The molecule has 2 aromatic rings. The number of anilines is 1. The van der Waals surface area contributed by atoms with Crippen LogP contribution in [0.3, 0.4) is 0 Å². The fourth-order valence-corrected chi connectivity index (χ4v) is 3.39. The highest BCUT2D eigenvalue weighted by molar-refractivity contribution is 9.10. The number of carbonyl (C=O) groups excluding carboxylic acids is 2. The van der Waals surface area contributed by atoms with Crippen LogP contribution in [0, 0.1) is 5.82 Å². The molecule has 0 radical (unpaired) electrons. The lowest BCUT2D eigenvalue weighted by Crippen LogP contribution is -2.23. The van der Waals surface area contributed by atoms with Crippen molar-refractivity contribution in [2.75, 3.05) is 11.9 Å². The number of hydrogen-bond acceptors (Lipinski definition) is 3. The first-order valence-corrected chi connectivity index (χ1v) is 9.56. The summed E-state index contributed by atoms with van der Waals surface area (Å²) in [6, 6.07) is 10.1. The van der Waals surface area contributed by atoms with Crippen LogP contribution in [0.15, 0.2) is 40.9 Å². The van der Waals surface area contributed by atoms with Crippen LogP contribution in [0.5, 0.6) is 5.75 Å². The van der Waals surface area contributed by atoms with Crippen LogP contribution in [-0.4, -0.2) is 18.4 Å². The van der Waals surface area contributed by atoms with Crippen LogP contribution in [0.25, 0.3) is 0 Å². The maximum Gasteiger partial charge on any atom is 0.224 e. The predicted molar refractivity (Wildman–Crippen MR) is 104 cm³/mol. The molecule has 2 aromatic carbocycles. The van der Waals surface area contributed by atoms with Gasteiger partial charge in [0.05, 0.1) is 6.61 Å². The van der Waals surface area contributed by atoms with Gasteiger partial charge in [-0.1, -0.05) is 15.9 Å². The first kappa shape index (κ1) is 19.4. The summed E-state index contributed by atoms with van der Waals surface area (Å²) in [6.45, 7) is 0.705. The van der Waals surface area contributed by atoms with E-state index < -0.39 is 0 Å². The second kappa shape index (κ2) is 8.99. The minimum Gasteiger partial charge on any atom is -0.494 e. The summed E-state index contributed by atoms with van der Waals surface area (Å²) in [4.78, 5) is 23.3. The highest BCUT2D eigenvalue weighted by Gasteiger charge is 2.15. The molecule has 3 rings (SSSR count). The zero-order valence-electron chi connectivity index (χ0n) is 14.7. The topological polar surface area (TPSA) is 67.4 Å². The van der Waals surface area contributed by atoms with E-state index in [9.17, 15) is 14.0 Å². The molecular weight excluding hydrogens is 415 g/mol. The number of aryl methyl sites for hydroxylation is 1. The van der Waals surface area contributed by atoms with E-state index in [1.54, 1.807) is 6.07 Å². The molecule has 1 heterocycles. The Hall–Kier alpha value is -2.41. The monoisotopic (exact) mass is 434 g/mol. The molecule has 142 valence electrons. The van der Waals surface area contributed by atoms with Crippen molar-refractivity contribution in [2.45, 2.75) is 32.2 Å². The van der Waals surface area contributed by atoms with E-state index in [0.717, 1.165) is 17.0 Å². The van der Waals surface area contributed by atoms with Gasteiger partial charge in [0.1, 0.15) is 11.6 Å². The average molecular weight is 435 g/mol. The molecule has 27 heavy (non-hydrogen) atoms. The lowest BCUT2D eigenvalue weighted by atomic mass is 10.0. The molecule has 7 heteroatoms. The average Bonchev–Trinajstić information content (AvgIpc) is 2.63. The molecular formula is C20H20BrFN2O3. The Bertz CT molecular complexity index is 837. The Morgan fingerprint density at radius 1 is 1.22 bits per heavy atom. The minimum absolute atomic E-state index is 0.0350. The van der Waals surface area contributed by atoms with Crippen LogP contribution >= 0.6 is 15.9 Å². The standard InChI is InChI=1S/C20H20BrFN2O3/c21-15-8-13(9-16(22)11-15)12-23-19(25)2-1-7-27-17-4-5-18-14(10-17)3-6-20(26)24-18/h4-5,8-11H,1-3,6-7,12H2,(H,23,25)(H,24,26). The van der Waals surface area contributed by atoms with Crippen molar-refractivity contribution in [1.29, 1.82) is 0 Å². The number of ether oxygens (including phenoxy) is 1. The Labute approximate surface area is 165 Å². The van der Waals surface area contributed by atoms with Crippen LogP contribution in [0.2, 0.25) is 0 Å². The lowest BCUT2D eigenvalue weighted by molar-refractivity contribution is -0.121. The van der Waals surface area contributed by atoms with E-state index >= 15 is 0 Å².